The standard InChI is InChI=1S/C8H16ClO6P/c1-3-8(2,9)7(10)14-5-4-6-15-16(11,12)13/h3-6H2,1-2H3,(H2,11,12,13). The van der Waals surface area contributed by atoms with E-state index >= 15 is 0 Å². The van der Waals surface area contributed by atoms with E-state index in [1.165, 1.54) is 0 Å². The van der Waals surface area contributed by atoms with Gasteiger partial charge in [0.15, 0.2) is 0 Å². The van der Waals surface area contributed by atoms with Gasteiger partial charge in [0.1, 0.15) is 4.87 Å². The molecule has 0 radical (unpaired) electrons. The molecule has 0 saturated heterocycles. The summed E-state index contributed by atoms with van der Waals surface area (Å²) in [5.74, 6) is -0.548. The number of halogens is 1. The molecule has 0 spiro atoms. The van der Waals surface area contributed by atoms with E-state index in [-0.39, 0.29) is 19.6 Å². The van der Waals surface area contributed by atoms with Crippen molar-refractivity contribution in [1.82, 2.24) is 0 Å². The number of phosphoric ester groups is 1. The zero-order valence-electron chi connectivity index (χ0n) is 9.18. The van der Waals surface area contributed by atoms with Crippen LogP contribution in [0.5, 0.6) is 0 Å². The molecule has 0 bridgehead atoms. The van der Waals surface area contributed by atoms with Crippen LogP contribution in [0.15, 0.2) is 0 Å². The summed E-state index contributed by atoms with van der Waals surface area (Å²) in [5.41, 5.74) is 0. The zero-order valence-corrected chi connectivity index (χ0v) is 10.8. The molecule has 96 valence electrons. The normalized spacial score (nSPS) is 15.6. The van der Waals surface area contributed by atoms with Crippen LogP contribution < -0.4 is 0 Å². The molecule has 0 aromatic carbocycles. The van der Waals surface area contributed by atoms with E-state index in [4.69, 9.17) is 26.1 Å². The number of phosphoric acid groups is 1. The largest absolute Gasteiger partial charge is 0.469 e. The summed E-state index contributed by atoms with van der Waals surface area (Å²) >= 11 is 5.83. The molecule has 8 heteroatoms. The monoisotopic (exact) mass is 274 g/mol. The molecule has 1 unspecified atom stereocenters. The Bertz CT molecular complexity index is 274. The molecule has 0 rings (SSSR count). The number of ether oxygens (including phenoxy) is 1. The van der Waals surface area contributed by atoms with Crippen molar-refractivity contribution < 1.29 is 28.4 Å². The molecule has 0 saturated carbocycles. The predicted octanol–water partition coefficient (Wildman–Crippen LogP) is 1.44. The van der Waals surface area contributed by atoms with Crippen LogP contribution in [0.3, 0.4) is 0 Å². The lowest BCUT2D eigenvalue weighted by Gasteiger charge is -2.17. The summed E-state index contributed by atoms with van der Waals surface area (Å²) in [4.78, 5) is 27.0. The molecule has 2 N–H and O–H groups in total. The van der Waals surface area contributed by atoms with Crippen LogP contribution in [0.1, 0.15) is 26.7 Å². The SMILES string of the molecule is CCC(C)(Cl)C(=O)OCCCOP(=O)(O)O. The maximum Gasteiger partial charge on any atom is 0.469 e. The van der Waals surface area contributed by atoms with Gasteiger partial charge < -0.3 is 14.5 Å². The van der Waals surface area contributed by atoms with Gasteiger partial charge in [0, 0.05) is 6.42 Å². The minimum absolute atomic E-state index is 0.0150. The first-order chi connectivity index (χ1) is 7.19. The minimum Gasteiger partial charge on any atom is -0.464 e. The van der Waals surface area contributed by atoms with Crippen molar-refractivity contribution in [3.05, 3.63) is 0 Å². The third-order valence-electron chi connectivity index (χ3n) is 1.87. The third kappa shape index (κ3) is 7.19. The van der Waals surface area contributed by atoms with Crippen molar-refractivity contribution in [1.29, 1.82) is 0 Å². The lowest BCUT2D eigenvalue weighted by atomic mass is 10.1. The summed E-state index contributed by atoms with van der Waals surface area (Å²) in [6.07, 6.45) is 0.639. The van der Waals surface area contributed by atoms with Gasteiger partial charge in [-0.05, 0) is 13.3 Å². The van der Waals surface area contributed by atoms with E-state index in [0.29, 0.717) is 6.42 Å². The number of rotatable bonds is 7. The molecule has 0 aromatic rings. The first-order valence-corrected chi connectivity index (χ1v) is 6.66. The average molecular weight is 275 g/mol. The van der Waals surface area contributed by atoms with Crippen molar-refractivity contribution >= 4 is 25.4 Å². The van der Waals surface area contributed by atoms with E-state index in [0.717, 1.165) is 0 Å². The highest BCUT2D eigenvalue weighted by molar-refractivity contribution is 7.46. The number of carbonyl (C=O) groups is 1. The molecule has 1 atom stereocenters. The van der Waals surface area contributed by atoms with Crippen molar-refractivity contribution in [2.45, 2.75) is 31.6 Å². The lowest BCUT2D eigenvalue weighted by molar-refractivity contribution is -0.146. The first kappa shape index (κ1) is 15.9. The molecule has 0 amide bonds. The summed E-state index contributed by atoms with van der Waals surface area (Å²) in [5, 5.41) is 0. The molecule has 0 aliphatic rings. The van der Waals surface area contributed by atoms with Crippen molar-refractivity contribution in [2.75, 3.05) is 13.2 Å². The highest BCUT2D eigenvalue weighted by Gasteiger charge is 2.29. The van der Waals surface area contributed by atoms with Gasteiger partial charge in [-0.25, -0.2) is 4.57 Å². The highest BCUT2D eigenvalue weighted by atomic mass is 35.5. The molecular formula is C8H16ClO6P. The fraction of sp³-hybridized carbons (Fsp3) is 0.875. The Labute approximate surface area is 99.1 Å². The Morgan fingerprint density at radius 1 is 1.44 bits per heavy atom. The molecule has 6 nitrogen and oxygen atoms in total. The number of alkyl halides is 1. The summed E-state index contributed by atoms with van der Waals surface area (Å²) in [7, 11) is -4.43. The van der Waals surface area contributed by atoms with Crippen molar-refractivity contribution in [3.63, 3.8) is 0 Å². The summed E-state index contributed by atoms with van der Waals surface area (Å²) in [6.45, 7) is 3.14. The second-order valence-corrected chi connectivity index (χ2v) is 5.44. The van der Waals surface area contributed by atoms with E-state index in [9.17, 15) is 9.36 Å². The molecule has 0 aromatic heterocycles. The Hall–Kier alpha value is -0.130. The average Bonchev–Trinajstić information content (AvgIpc) is 2.15. The van der Waals surface area contributed by atoms with E-state index in [1.807, 2.05) is 0 Å². The summed E-state index contributed by atoms with van der Waals surface area (Å²) in [6, 6.07) is 0. The zero-order chi connectivity index (χ0) is 12.8. The van der Waals surface area contributed by atoms with Gasteiger partial charge in [-0.2, -0.15) is 0 Å². The second kappa shape index (κ2) is 6.57. The first-order valence-electron chi connectivity index (χ1n) is 4.75. The van der Waals surface area contributed by atoms with Crippen LogP contribution in [-0.4, -0.2) is 33.8 Å². The Morgan fingerprint density at radius 3 is 2.44 bits per heavy atom. The predicted molar refractivity (Wildman–Crippen MR) is 58.1 cm³/mol. The quantitative estimate of drug-likeness (QED) is 0.316. The maximum absolute atomic E-state index is 11.3. The van der Waals surface area contributed by atoms with Crippen molar-refractivity contribution in [2.24, 2.45) is 0 Å². The van der Waals surface area contributed by atoms with Crippen LogP contribution in [0.2, 0.25) is 0 Å². The highest BCUT2D eigenvalue weighted by Crippen LogP contribution is 2.35. The van der Waals surface area contributed by atoms with E-state index in [1.54, 1.807) is 13.8 Å². The number of esters is 1. The number of hydrogen-bond donors (Lipinski definition) is 2. The molecular weight excluding hydrogens is 259 g/mol. The van der Waals surface area contributed by atoms with E-state index in [2.05, 4.69) is 4.52 Å². The smallest absolute Gasteiger partial charge is 0.464 e. The van der Waals surface area contributed by atoms with Gasteiger partial charge in [0.2, 0.25) is 0 Å². The van der Waals surface area contributed by atoms with Crippen LogP contribution in [-0.2, 0) is 18.6 Å². The fourth-order valence-corrected chi connectivity index (χ4v) is 1.12. The maximum atomic E-state index is 11.3. The van der Waals surface area contributed by atoms with Gasteiger partial charge in [-0.3, -0.25) is 9.32 Å². The van der Waals surface area contributed by atoms with Gasteiger partial charge >= 0.3 is 13.8 Å². The molecule has 0 aliphatic carbocycles. The summed E-state index contributed by atoms with van der Waals surface area (Å²) < 4.78 is 19.3. The third-order valence-corrected chi connectivity index (χ3v) is 2.81. The van der Waals surface area contributed by atoms with Crippen molar-refractivity contribution in [3.8, 4) is 0 Å². The Balaban J connectivity index is 3.68. The van der Waals surface area contributed by atoms with E-state index < -0.39 is 18.7 Å². The Kier molecular flexibility index (Phi) is 6.51. The van der Waals surface area contributed by atoms with Gasteiger partial charge in [-0.1, -0.05) is 6.92 Å². The minimum atomic E-state index is -4.43. The molecule has 0 heterocycles. The van der Waals surface area contributed by atoms with Gasteiger partial charge in [0.25, 0.3) is 0 Å². The number of carbonyl (C=O) groups excluding carboxylic acids is 1. The lowest BCUT2D eigenvalue weighted by Crippen LogP contribution is -2.30. The molecule has 0 fully saturated rings. The van der Waals surface area contributed by atoms with Crippen LogP contribution >= 0.6 is 19.4 Å². The van der Waals surface area contributed by atoms with Gasteiger partial charge in [0.05, 0.1) is 13.2 Å². The molecule has 0 aliphatic heterocycles. The topological polar surface area (TPSA) is 93.1 Å². The fourth-order valence-electron chi connectivity index (χ4n) is 0.702. The molecule has 16 heavy (non-hydrogen) atoms. The number of hydrogen-bond acceptors (Lipinski definition) is 4. The van der Waals surface area contributed by atoms with Crippen LogP contribution in [0.4, 0.5) is 0 Å². The van der Waals surface area contributed by atoms with Crippen LogP contribution in [0.25, 0.3) is 0 Å². The Morgan fingerprint density at radius 2 is 2.00 bits per heavy atom. The second-order valence-electron chi connectivity index (χ2n) is 3.36. The van der Waals surface area contributed by atoms with Crippen LogP contribution in [0, 0.1) is 0 Å². The van der Waals surface area contributed by atoms with Gasteiger partial charge in [-0.15, -0.1) is 11.6 Å².